The van der Waals surface area contributed by atoms with Gasteiger partial charge in [-0.1, -0.05) is 12.1 Å². The Morgan fingerprint density at radius 1 is 1.29 bits per heavy atom. The molecule has 114 valence electrons. The second-order valence-corrected chi connectivity index (χ2v) is 6.21. The molecule has 4 nitrogen and oxygen atoms in total. The molecule has 1 aromatic rings. The Morgan fingerprint density at radius 2 is 2.05 bits per heavy atom. The minimum Gasteiger partial charge on any atom is -0.484 e. The summed E-state index contributed by atoms with van der Waals surface area (Å²) in [6.45, 7) is 4.36. The molecule has 0 atom stereocenters. The first-order valence-corrected chi connectivity index (χ1v) is 7.93. The van der Waals surface area contributed by atoms with Crippen LogP contribution < -0.4 is 10.1 Å². The van der Waals surface area contributed by atoms with Crippen molar-refractivity contribution in [3.8, 4) is 5.75 Å². The first-order valence-electron chi connectivity index (χ1n) is 7.93. The molecule has 4 heteroatoms. The number of benzene rings is 1. The van der Waals surface area contributed by atoms with E-state index in [1.165, 1.54) is 12.8 Å². The molecule has 1 aromatic carbocycles. The molecule has 1 aliphatic heterocycles. The van der Waals surface area contributed by atoms with Crippen LogP contribution in [0.5, 0.6) is 5.75 Å². The van der Waals surface area contributed by atoms with Crippen molar-refractivity contribution in [1.82, 2.24) is 10.2 Å². The van der Waals surface area contributed by atoms with E-state index < -0.39 is 0 Å². The SMILES string of the molecule is Cc1cccc(OCC(=O)NC2CCN(C3CC3)CC2)c1. The fourth-order valence-corrected chi connectivity index (χ4v) is 2.97. The molecule has 1 N–H and O–H groups in total. The summed E-state index contributed by atoms with van der Waals surface area (Å²) in [5.74, 6) is 0.745. The Labute approximate surface area is 126 Å². The van der Waals surface area contributed by atoms with E-state index in [2.05, 4.69) is 10.2 Å². The predicted octanol–water partition coefficient (Wildman–Crippen LogP) is 2.12. The molecule has 1 heterocycles. The Balaban J connectivity index is 1.38. The topological polar surface area (TPSA) is 41.6 Å². The Hall–Kier alpha value is -1.55. The van der Waals surface area contributed by atoms with Gasteiger partial charge in [0.15, 0.2) is 6.61 Å². The number of carbonyl (C=O) groups excluding carboxylic acids is 1. The van der Waals surface area contributed by atoms with E-state index in [9.17, 15) is 4.79 Å². The van der Waals surface area contributed by atoms with Gasteiger partial charge >= 0.3 is 0 Å². The van der Waals surface area contributed by atoms with Gasteiger partial charge in [0.2, 0.25) is 0 Å². The van der Waals surface area contributed by atoms with E-state index in [1.807, 2.05) is 31.2 Å². The quantitative estimate of drug-likeness (QED) is 0.902. The molecule has 0 unspecified atom stereocenters. The number of nitrogens with one attached hydrogen (secondary N) is 1. The summed E-state index contributed by atoms with van der Waals surface area (Å²) in [5.41, 5.74) is 1.14. The predicted molar refractivity (Wildman–Crippen MR) is 82.4 cm³/mol. The molecule has 1 saturated carbocycles. The van der Waals surface area contributed by atoms with E-state index in [0.29, 0.717) is 6.04 Å². The van der Waals surface area contributed by atoms with Gasteiger partial charge in [-0.25, -0.2) is 0 Å². The summed E-state index contributed by atoms with van der Waals surface area (Å²) in [7, 11) is 0. The number of nitrogens with zero attached hydrogens (tertiary/aromatic N) is 1. The van der Waals surface area contributed by atoms with E-state index >= 15 is 0 Å². The van der Waals surface area contributed by atoms with Crippen molar-refractivity contribution in [1.29, 1.82) is 0 Å². The Kier molecular flexibility index (Phi) is 4.44. The van der Waals surface area contributed by atoms with Crippen molar-refractivity contribution in [2.45, 2.75) is 44.7 Å². The number of ether oxygens (including phenoxy) is 1. The lowest BCUT2D eigenvalue weighted by Crippen LogP contribution is -2.46. The number of rotatable bonds is 5. The van der Waals surface area contributed by atoms with Gasteiger partial charge in [0.25, 0.3) is 5.91 Å². The lowest BCUT2D eigenvalue weighted by atomic mass is 10.0. The monoisotopic (exact) mass is 288 g/mol. The number of piperidine rings is 1. The van der Waals surface area contributed by atoms with Crippen LogP contribution >= 0.6 is 0 Å². The zero-order valence-electron chi connectivity index (χ0n) is 12.7. The maximum Gasteiger partial charge on any atom is 0.258 e. The standard InChI is InChI=1S/C17H24N2O2/c1-13-3-2-4-16(11-13)21-12-17(20)18-14-7-9-19(10-8-14)15-5-6-15/h2-4,11,14-15H,5-10,12H2,1H3,(H,18,20). The molecular weight excluding hydrogens is 264 g/mol. The smallest absolute Gasteiger partial charge is 0.258 e. The lowest BCUT2D eigenvalue weighted by molar-refractivity contribution is -0.124. The third kappa shape index (κ3) is 4.21. The van der Waals surface area contributed by atoms with Crippen molar-refractivity contribution < 1.29 is 9.53 Å². The second-order valence-electron chi connectivity index (χ2n) is 6.21. The minimum atomic E-state index is -0.0126. The van der Waals surface area contributed by atoms with Crippen molar-refractivity contribution in [2.75, 3.05) is 19.7 Å². The average molecular weight is 288 g/mol. The van der Waals surface area contributed by atoms with Crippen molar-refractivity contribution in [3.05, 3.63) is 29.8 Å². The van der Waals surface area contributed by atoms with Gasteiger partial charge in [0, 0.05) is 25.2 Å². The molecule has 1 amide bonds. The first kappa shape index (κ1) is 14.4. The number of aryl methyl sites for hydroxylation is 1. The first-order chi connectivity index (χ1) is 10.2. The summed E-state index contributed by atoms with van der Waals surface area (Å²) in [4.78, 5) is 14.5. The van der Waals surface area contributed by atoms with Gasteiger partial charge in [0.05, 0.1) is 0 Å². The molecule has 0 aromatic heterocycles. The van der Waals surface area contributed by atoms with E-state index in [1.54, 1.807) is 0 Å². The fraction of sp³-hybridized carbons (Fsp3) is 0.588. The Bertz CT molecular complexity index is 491. The van der Waals surface area contributed by atoms with E-state index in [-0.39, 0.29) is 12.5 Å². The van der Waals surface area contributed by atoms with Crippen LogP contribution in [-0.2, 0) is 4.79 Å². The summed E-state index contributed by atoms with van der Waals surface area (Å²) >= 11 is 0. The van der Waals surface area contributed by atoms with Crippen LogP contribution in [0.25, 0.3) is 0 Å². The summed E-state index contributed by atoms with van der Waals surface area (Å²) in [5, 5.41) is 3.09. The van der Waals surface area contributed by atoms with Crippen LogP contribution in [0.4, 0.5) is 0 Å². The molecule has 2 fully saturated rings. The van der Waals surface area contributed by atoms with Crippen LogP contribution in [0.3, 0.4) is 0 Å². The van der Waals surface area contributed by atoms with Gasteiger partial charge < -0.3 is 15.0 Å². The second kappa shape index (κ2) is 6.48. The van der Waals surface area contributed by atoms with Gasteiger partial charge in [-0.05, 0) is 50.3 Å². The molecule has 1 aliphatic carbocycles. The highest BCUT2D eigenvalue weighted by molar-refractivity contribution is 5.77. The molecule has 0 bridgehead atoms. The minimum absolute atomic E-state index is 0.0126. The maximum absolute atomic E-state index is 11.9. The van der Waals surface area contributed by atoms with Crippen molar-refractivity contribution >= 4 is 5.91 Å². The number of carbonyl (C=O) groups is 1. The lowest BCUT2D eigenvalue weighted by Gasteiger charge is -2.32. The Morgan fingerprint density at radius 3 is 2.71 bits per heavy atom. The third-order valence-corrected chi connectivity index (χ3v) is 4.32. The van der Waals surface area contributed by atoms with Gasteiger partial charge in [0.1, 0.15) is 5.75 Å². The molecule has 0 spiro atoms. The molecule has 1 saturated heterocycles. The fourth-order valence-electron chi connectivity index (χ4n) is 2.97. The number of amides is 1. The molecule has 0 radical (unpaired) electrons. The van der Waals surface area contributed by atoms with Crippen LogP contribution in [0, 0.1) is 6.92 Å². The van der Waals surface area contributed by atoms with Crippen LogP contribution in [0.2, 0.25) is 0 Å². The number of hydrogen-bond acceptors (Lipinski definition) is 3. The summed E-state index contributed by atoms with van der Waals surface area (Å²) in [6, 6.07) is 8.94. The number of hydrogen-bond donors (Lipinski definition) is 1. The van der Waals surface area contributed by atoms with Crippen LogP contribution in [-0.4, -0.2) is 42.6 Å². The van der Waals surface area contributed by atoms with Gasteiger partial charge in [-0.3, -0.25) is 4.79 Å². The average Bonchev–Trinajstić information content (AvgIpc) is 3.31. The van der Waals surface area contributed by atoms with Gasteiger partial charge in [-0.2, -0.15) is 0 Å². The molecule has 3 rings (SSSR count). The van der Waals surface area contributed by atoms with Crippen molar-refractivity contribution in [3.63, 3.8) is 0 Å². The summed E-state index contributed by atoms with van der Waals surface area (Å²) < 4.78 is 5.54. The number of likely N-dealkylation sites (tertiary alicyclic amines) is 1. The van der Waals surface area contributed by atoms with Crippen LogP contribution in [0.1, 0.15) is 31.2 Å². The zero-order chi connectivity index (χ0) is 14.7. The largest absolute Gasteiger partial charge is 0.484 e. The highest BCUT2D eigenvalue weighted by atomic mass is 16.5. The summed E-state index contributed by atoms with van der Waals surface area (Å²) in [6.07, 6.45) is 4.85. The molecule has 2 aliphatic rings. The van der Waals surface area contributed by atoms with E-state index in [0.717, 1.165) is 43.3 Å². The van der Waals surface area contributed by atoms with Crippen LogP contribution in [0.15, 0.2) is 24.3 Å². The molecule has 21 heavy (non-hydrogen) atoms. The van der Waals surface area contributed by atoms with Gasteiger partial charge in [-0.15, -0.1) is 0 Å². The van der Waals surface area contributed by atoms with E-state index in [4.69, 9.17) is 4.74 Å². The highest BCUT2D eigenvalue weighted by Crippen LogP contribution is 2.29. The third-order valence-electron chi connectivity index (χ3n) is 4.32. The highest BCUT2D eigenvalue weighted by Gasteiger charge is 2.32. The molecular formula is C17H24N2O2. The maximum atomic E-state index is 11.9. The van der Waals surface area contributed by atoms with Crippen molar-refractivity contribution in [2.24, 2.45) is 0 Å². The normalized spacial score (nSPS) is 20.2. The zero-order valence-corrected chi connectivity index (χ0v) is 12.7.